The summed E-state index contributed by atoms with van der Waals surface area (Å²) in [4.78, 5) is 0. The Labute approximate surface area is 113 Å². The van der Waals surface area contributed by atoms with Gasteiger partial charge in [-0.3, -0.25) is 0 Å². The van der Waals surface area contributed by atoms with Crippen molar-refractivity contribution in [3.05, 3.63) is 12.3 Å². The molecule has 0 saturated carbocycles. The first-order chi connectivity index (χ1) is 8.59. The molecule has 5 nitrogen and oxygen atoms in total. The highest BCUT2D eigenvalue weighted by Gasteiger charge is 2.38. The zero-order valence-corrected chi connectivity index (χ0v) is 13.9. The molecule has 0 aliphatic rings. The lowest BCUT2D eigenvalue weighted by Crippen LogP contribution is -2.46. The highest BCUT2D eigenvalue weighted by Crippen LogP contribution is 2.18. The van der Waals surface area contributed by atoms with Crippen LogP contribution in [0.4, 0.5) is 0 Å². The minimum absolute atomic E-state index is 0.126. The topological polar surface area (TPSA) is 73.9 Å². The molecule has 3 N–H and O–H groups in total. The Bertz CT molecular complexity index is 219. The van der Waals surface area contributed by atoms with E-state index in [0.29, 0.717) is 6.04 Å². The largest absolute Gasteiger partial charge is 0.500 e. The average Bonchev–Trinajstić information content (AvgIpc) is 2.42. The lowest BCUT2D eigenvalue weighted by molar-refractivity contribution is 0.123. The van der Waals surface area contributed by atoms with Crippen molar-refractivity contribution >= 4 is 17.6 Å². The van der Waals surface area contributed by atoms with E-state index < -0.39 is 17.6 Å². The Morgan fingerprint density at radius 3 is 2.28 bits per heavy atom. The number of hydrogen-bond donors (Lipinski definition) is 2. The molecule has 0 amide bonds. The van der Waals surface area contributed by atoms with Crippen LogP contribution in [0.5, 0.6) is 0 Å². The summed E-state index contributed by atoms with van der Waals surface area (Å²) in [7, 11) is 1.11. The van der Waals surface area contributed by atoms with E-state index in [2.05, 4.69) is 6.58 Å². The molecule has 7 heteroatoms. The Kier molecular flexibility index (Phi) is 9.83. The van der Waals surface area contributed by atoms with Crippen molar-refractivity contribution in [3.63, 3.8) is 0 Å². The van der Waals surface area contributed by atoms with Crippen LogP contribution in [-0.2, 0) is 13.3 Å². The first kappa shape index (κ1) is 18.0. The molecular formula is C11H27NO4Si2. The molecule has 108 valence electrons. The van der Waals surface area contributed by atoms with Crippen molar-refractivity contribution in [2.24, 2.45) is 5.73 Å². The number of aliphatic hydroxyl groups excluding tert-OH is 1. The molecule has 0 aromatic heterocycles. The molecule has 2 unspecified atom stereocenters. The molecule has 0 fully saturated rings. The second kappa shape index (κ2) is 9.85. The van der Waals surface area contributed by atoms with Crippen LogP contribution in [0.2, 0.25) is 12.1 Å². The lowest BCUT2D eigenvalue weighted by Gasteiger charge is -2.27. The molecule has 18 heavy (non-hydrogen) atoms. The number of rotatable bonds is 11. The second-order valence-corrected chi connectivity index (χ2v) is 10.6. The molecule has 0 rings (SSSR count). The van der Waals surface area contributed by atoms with Crippen LogP contribution < -0.4 is 5.73 Å². The molecule has 0 saturated heterocycles. The van der Waals surface area contributed by atoms with E-state index in [1.807, 2.05) is 5.70 Å². The van der Waals surface area contributed by atoms with E-state index in [0.717, 1.165) is 18.9 Å². The van der Waals surface area contributed by atoms with Gasteiger partial charge in [0.15, 0.2) is 0 Å². The van der Waals surface area contributed by atoms with Gasteiger partial charge < -0.3 is 24.1 Å². The highest BCUT2D eigenvalue weighted by molar-refractivity contribution is 6.66. The molecule has 0 aliphatic heterocycles. The van der Waals surface area contributed by atoms with Gasteiger partial charge in [-0.25, -0.2) is 0 Å². The second-order valence-electron chi connectivity index (χ2n) is 4.26. The molecule has 0 aliphatic carbocycles. The zero-order chi connectivity index (χ0) is 14.0. The predicted octanol–water partition coefficient (Wildman–Crippen LogP) is 0.456. The maximum Gasteiger partial charge on any atom is 0.500 e. The van der Waals surface area contributed by atoms with Crippen molar-refractivity contribution in [2.75, 3.05) is 27.9 Å². The van der Waals surface area contributed by atoms with E-state index >= 15 is 0 Å². The van der Waals surface area contributed by atoms with Crippen LogP contribution in [0, 0.1) is 0 Å². The minimum atomic E-state index is -2.51. The van der Waals surface area contributed by atoms with Crippen LogP contribution >= 0.6 is 0 Å². The van der Waals surface area contributed by atoms with Crippen LogP contribution in [0.3, 0.4) is 0 Å². The lowest BCUT2D eigenvalue weighted by atomic mass is 10.5. The predicted molar refractivity (Wildman–Crippen MR) is 78.0 cm³/mol. The molecule has 2 atom stereocenters. The summed E-state index contributed by atoms with van der Waals surface area (Å²) < 4.78 is 16.1. The fourth-order valence-electron chi connectivity index (χ4n) is 1.95. The van der Waals surface area contributed by atoms with Gasteiger partial charge in [-0.1, -0.05) is 6.04 Å². The summed E-state index contributed by atoms with van der Waals surface area (Å²) >= 11 is 0. The third-order valence-electron chi connectivity index (χ3n) is 3.27. The SMILES string of the molecule is C=C[SiH](CCCO)C(N)CC[Si](OC)(OC)OC. The van der Waals surface area contributed by atoms with Gasteiger partial charge in [-0.2, -0.15) is 0 Å². The van der Waals surface area contributed by atoms with Gasteiger partial charge in [0.05, 0.1) is 8.80 Å². The highest BCUT2D eigenvalue weighted by atomic mass is 28.4. The Hall–Kier alpha value is -0.0262. The standard InChI is InChI=1S/C11H27NO4Si2/c1-5-17(9-6-8-13)11(12)7-10-18(14-2,15-3)16-4/h5,11,13,17H,1,6-10,12H2,2-4H3. The van der Waals surface area contributed by atoms with Gasteiger partial charge in [0, 0.05) is 34.0 Å². The summed E-state index contributed by atoms with van der Waals surface area (Å²) in [5.41, 5.74) is 8.33. The van der Waals surface area contributed by atoms with Gasteiger partial charge in [-0.05, 0) is 18.5 Å². The third kappa shape index (κ3) is 5.74. The number of hydrogen-bond acceptors (Lipinski definition) is 5. The average molecular weight is 294 g/mol. The molecule has 0 heterocycles. The molecule has 0 radical (unpaired) electrons. The number of aliphatic hydroxyl groups is 1. The van der Waals surface area contributed by atoms with Crippen LogP contribution in [0.1, 0.15) is 12.8 Å². The van der Waals surface area contributed by atoms with E-state index in [4.69, 9.17) is 24.1 Å². The summed E-state index contributed by atoms with van der Waals surface area (Å²) in [5.74, 6) is 0. The van der Waals surface area contributed by atoms with Gasteiger partial charge in [0.2, 0.25) is 0 Å². The van der Waals surface area contributed by atoms with Crippen molar-refractivity contribution in [1.82, 2.24) is 0 Å². The molecule has 0 aromatic carbocycles. The zero-order valence-electron chi connectivity index (χ0n) is 11.7. The smallest absolute Gasteiger partial charge is 0.396 e. The van der Waals surface area contributed by atoms with Crippen molar-refractivity contribution < 1.29 is 18.4 Å². The Morgan fingerprint density at radius 2 is 1.89 bits per heavy atom. The third-order valence-corrected chi connectivity index (χ3v) is 9.15. The molecule has 0 aromatic rings. The van der Waals surface area contributed by atoms with E-state index in [9.17, 15) is 0 Å². The maximum absolute atomic E-state index is 8.86. The first-order valence-electron chi connectivity index (χ1n) is 6.23. The quantitative estimate of drug-likeness (QED) is 0.541. The fourth-order valence-corrected chi connectivity index (χ4v) is 6.34. The Morgan fingerprint density at radius 1 is 1.33 bits per heavy atom. The Balaban J connectivity index is 4.27. The normalized spacial score (nSPS) is 15.4. The fraction of sp³-hybridized carbons (Fsp3) is 0.818. The van der Waals surface area contributed by atoms with Crippen molar-refractivity contribution in [1.29, 1.82) is 0 Å². The molecule has 0 bridgehead atoms. The van der Waals surface area contributed by atoms with Crippen LogP contribution in [0.15, 0.2) is 12.3 Å². The van der Waals surface area contributed by atoms with Crippen molar-refractivity contribution in [3.8, 4) is 0 Å². The van der Waals surface area contributed by atoms with Gasteiger partial charge in [0.25, 0.3) is 0 Å². The van der Waals surface area contributed by atoms with E-state index in [1.165, 1.54) is 0 Å². The maximum atomic E-state index is 8.86. The van der Waals surface area contributed by atoms with Gasteiger partial charge in [-0.15, -0.1) is 12.3 Å². The van der Waals surface area contributed by atoms with Gasteiger partial charge >= 0.3 is 8.80 Å². The summed E-state index contributed by atoms with van der Waals surface area (Å²) in [5, 5.41) is 8.86. The van der Waals surface area contributed by atoms with Crippen LogP contribution in [0.25, 0.3) is 0 Å². The van der Waals surface area contributed by atoms with Crippen LogP contribution in [-0.4, -0.2) is 56.3 Å². The minimum Gasteiger partial charge on any atom is -0.396 e. The number of nitrogens with two attached hydrogens (primary N) is 1. The molecular weight excluding hydrogens is 266 g/mol. The van der Waals surface area contributed by atoms with Gasteiger partial charge in [0.1, 0.15) is 0 Å². The van der Waals surface area contributed by atoms with Crippen molar-refractivity contribution in [2.45, 2.75) is 30.6 Å². The van der Waals surface area contributed by atoms with E-state index in [1.54, 1.807) is 21.3 Å². The first-order valence-corrected chi connectivity index (χ1v) is 10.3. The monoisotopic (exact) mass is 293 g/mol. The molecule has 0 spiro atoms. The summed E-state index contributed by atoms with van der Waals surface area (Å²) in [6.45, 7) is 4.08. The van der Waals surface area contributed by atoms with E-state index in [-0.39, 0.29) is 12.3 Å². The summed E-state index contributed by atoms with van der Waals surface area (Å²) in [6.07, 6.45) is 1.62. The summed E-state index contributed by atoms with van der Waals surface area (Å²) in [6, 6.07) is 1.71.